The Labute approximate surface area is 99.8 Å². The summed E-state index contributed by atoms with van der Waals surface area (Å²) in [6.45, 7) is 0. The molecule has 1 spiro atoms. The summed E-state index contributed by atoms with van der Waals surface area (Å²) in [6.07, 6.45) is 3.94. The molecule has 1 fully saturated rings. The summed E-state index contributed by atoms with van der Waals surface area (Å²) in [4.78, 5) is 0. The normalized spacial score (nSPS) is 22.8. The average molecular weight is 233 g/mol. The maximum absolute atomic E-state index is 9.12. The smallest absolute Gasteiger partial charge is 0.133 e. The van der Waals surface area contributed by atoms with Gasteiger partial charge in [0.1, 0.15) is 17.1 Å². The highest BCUT2D eigenvalue weighted by molar-refractivity contribution is 6.04. The quantitative estimate of drug-likeness (QED) is 0.599. The predicted molar refractivity (Wildman–Crippen MR) is 63.1 cm³/mol. The number of methoxy groups -OCH3 is 1. The van der Waals surface area contributed by atoms with Crippen molar-refractivity contribution < 1.29 is 14.7 Å². The summed E-state index contributed by atoms with van der Waals surface area (Å²) in [5, 5.41) is 12.5. The van der Waals surface area contributed by atoms with Crippen molar-refractivity contribution in [3.05, 3.63) is 23.8 Å². The second-order valence-electron chi connectivity index (χ2n) is 4.72. The molecule has 2 aliphatic rings. The third kappa shape index (κ3) is 1.55. The van der Waals surface area contributed by atoms with E-state index in [9.17, 15) is 0 Å². The Morgan fingerprint density at radius 1 is 1.41 bits per heavy atom. The first-order valence-corrected chi connectivity index (χ1v) is 5.85. The molecule has 0 radical (unpaired) electrons. The van der Waals surface area contributed by atoms with Crippen LogP contribution in [0.25, 0.3) is 0 Å². The summed E-state index contributed by atoms with van der Waals surface area (Å²) >= 11 is 0. The summed E-state index contributed by atoms with van der Waals surface area (Å²) in [6, 6.07) is 5.60. The number of rotatable bonds is 1. The van der Waals surface area contributed by atoms with Gasteiger partial charge in [0.2, 0.25) is 0 Å². The first-order chi connectivity index (χ1) is 8.26. The number of hydrogen-bond acceptors (Lipinski definition) is 4. The second kappa shape index (κ2) is 3.65. The molecule has 1 aromatic carbocycles. The lowest BCUT2D eigenvalue weighted by atomic mass is 9.74. The van der Waals surface area contributed by atoms with Gasteiger partial charge >= 0.3 is 0 Å². The van der Waals surface area contributed by atoms with Gasteiger partial charge in [-0.15, -0.1) is 0 Å². The highest BCUT2D eigenvalue weighted by Gasteiger charge is 2.44. The zero-order valence-electron chi connectivity index (χ0n) is 9.77. The molecule has 4 nitrogen and oxygen atoms in total. The fraction of sp³-hybridized carbons (Fsp3) is 0.462. The number of hydrogen-bond donors (Lipinski definition) is 1. The van der Waals surface area contributed by atoms with Gasteiger partial charge in [0.25, 0.3) is 0 Å². The van der Waals surface area contributed by atoms with Crippen molar-refractivity contribution in [2.45, 2.75) is 31.3 Å². The van der Waals surface area contributed by atoms with Crippen LogP contribution in [0, 0.1) is 0 Å². The van der Waals surface area contributed by atoms with E-state index in [-0.39, 0.29) is 5.60 Å². The Hall–Kier alpha value is -1.71. The third-order valence-corrected chi connectivity index (χ3v) is 3.70. The minimum atomic E-state index is -0.138. The van der Waals surface area contributed by atoms with Gasteiger partial charge < -0.3 is 14.7 Å². The third-order valence-electron chi connectivity index (χ3n) is 3.70. The SMILES string of the molecule is COc1ccc2c(c1)OC1(CCC1)CC2=NO. The van der Waals surface area contributed by atoms with Crippen molar-refractivity contribution in [2.24, 2.45) is 5.16 Å². The Balaban J connectivity index is 2.05. The minimum absolute atomic E-state index is 0.138. The van der Waals surface area contributed by atoms with Crippen molar-refractivity contribution in [1.82, 2.24) is 0 Å². The monoisotopic (exact) mass is 233 g/mol. The van der Waals surface area contributed by atoms with E-state index < -0.39 is 0 Å². The van der Waals surface area contributed by atoms with Crippen molar-refractivity contribution in [2.75, 3.05) is 7.11 Å². The molecule has 1 N–H and O–H groups in total. The maximum atomic E-state index is 9.12. The van der Waals surface area contributed by atoms with Crippen LogP contribution in [0.15, 0.2) is 23.4 Å². The summed E-state index contributed by atoms with van der Waals surface area (Å²) in [5.41, 5.74) is 1.44. The molecule has 0 amide bonds. The molecule has 4 heteroatoms. The molecule has 1 heterocycles. The standard InChI is InChI=1S/C13H15NO3/c1-16-9-3-4-10-11(14-15)8-13(5-2-6-13)17-12(10)7-9/h3-4,7,15H,2,5-6,8H2,1H3. The van der Waals surface area contributed by atoms with Gasteiger partial charge in [0.05, 0.1) is 12.8 Å². The average Bonchev–Trinajstić information content (AvgIpc) is 2.34. The van der Waals surface area contributed by atoms with Crippen LogP contribution < -0.4 is 9.47 Å². The summed E-state index contributed by atoms with van der Waals surface area (Å²) < 4.78 is 11.2. The van der Waals surface area contributed by atoms with E-state index in [0.29, 0.717) is 12.1 Å². The van der Waals surface area contributed by atoms with Crippen LogP contribution in [0.4, 0.5) is 0 Å². The Morgan fingerprint density at radius 2 is 2.24 bits per heavy atom. The van der Waals surface area contributed by atoms with E-state index in [2.05, 4.69) is 5.16 Å². The van der Waals surface area contributed by atoms with Crippen LogP contribution >= 0.6 is 0 Å². The number of oxime groups is 1. The second-order valence-corrected chi connectivity index (χ2v) is 4.72. The van der Waals surface area contributed by atoms with Gasteiger partial charge in [-0.3, -0.25) is 0 Å². The number of benzene rings is 1. The highest BCUT2D eigenvalue weighted by atomic mass is 16.5. The van der Waals surface area contributed by atoms with Gasteiger partial charge in [-0.25, -0.2) is 0 Å². The summed E-state index contributed by atoms with van der Waals surface area (Å²) in [5.74, 6) is 1.53. The molecule has 0 bridgehead atoms. The van der Waals surface area contributed by atoms with Gasteiger partial charge in [-0.2, -0.15) is 0 Å². The fourth-order valence-corrected chi connectivity index (χ4v) is 2.56. The number of fused-ring (bicyclic) bond motifs is 1. The molecule has 1 aliphatic heterocycles. The van der Waals surface area contributed by atoms with Crippen LogP contribution in [-0.4, -0.2) is 23.6 Å². The maximum Gasteiger partial charge on any atom is 0.133 e. The van der Waals surface area contributed by atoms with Crippen LogP contribution in [-0.2, 0) is 0 Å². The topological polar surface area (TPSA) is 51.0 Å². The Morgan fingerprint density at radius 3 is 2.82 bits per heavy atom. The molecular formula is C13H15NO3. The van der Waals surface area contributed by atoms with Crippen LogP contribution in [0.1, 0.15) is 31.2 Å². The van der Waals surface area contributed by atoms with Crippen molar-refractivity contribution in [1.29, 1.82) is 0 Å². The number of nitrogens with zero attached hydrogens (tertiary/aromatic N) is 1. The van der Waals surface area contributed by atoms with Crippen LogP contribution in [0.2, 0.25) is 0 Å². The van der Waals surface area contributed by atoms with E-state index in [1.807, 2.05) is 18.2 Å². The number of ether oxygens (including phenoxy) is 2. The molecule has 0 atom stereocenters. The molecule has 17 heavy (non-hydrogen) atoms. The van der Waals surface area contributed by atoms with E-state index in [4.69, 9.17) is 14.7 Å². The van der Waals surface area contributed by atoms with Gasteiger partial charge in [-0.1, -0.05) is 5.16 Å². The molecule has 1 aromatic rings. The van der Waals surface area contributed by atoms with Gasteiger partial charge in [-0.05, 0) is 31.4 Å². The molecule has 0 saturated heterocycles. The molecule has 0 aromatic heterocycles. The molecule has 90 valence electrons. The predicted octanol–water partition coefficient (Wildman–Crippen LogP) is 2.58. The van der Waals surface area contributed by atoms with E-state index in [1.165, 1.54) is 6.42 Å². The first kappa shape index (κ1) is 10.4. The molecular weight excluding hydrogens is 218 g/mol. The van der Waals surface area contributed by atoms with E-state index in [1.54, 1.807) is 7.11 Å². The van der Waals surface area contributed by atoms with Crippen LogP contribution in [0.3, 0.4) is 0 Å². The van der Waals surface area contributed by atoms with E-state index in [0.717, 1.165) is 29.9 Å². The van der Waals surface area contributed by atoms with E-state index >= 15 is 0 Å². The first-order valence-electron chi connectivity index (χ1n) is 5.85. The molecule has 3 rings (SSSR count). The molecule has 1 saturated carbocycles. The van der Waals surface area contributed by atoms with Gasteiger partial charge in [0, 0.05) is 18.1 Å². The highest BCUT2D eigenvalue weighted by Crippen LogP contribution is 2.45. The lowest BCUT2D eigenvalue weighted by Gasteiger charge is -2.45. The van der Waals surface area contributed by atoms with Crippen LogP contribution in [0.5, 0.6) is 11.5 Å². The summed E-state index contributed by atoms with van der Waals surface area (Å²) in [7, 11) is 1.63. The lowest BCUT2D eigenvalue weighted by Crippen LogP contribution is -2.47. The lowest BCUT2D eigenvalue weighted by molar-refractivity contribution is -0.00559. The van der Waals surface area contributed by atoms with Crippen molar-refractivity contribution in [3.63, 3.8) is 0 Å². The van der Waals surface area contributed by atoms with Crippen molar-refractivity contribution in [3.8, 4) is 11.5 Å². The Bertz CT molecular complexity index is 478. The zero-order valence-corrected chi connectivity index (χ0v) is 9.77. The Kier molecular flexibility index (Phi) is 2.24. The molecule has 0 unspecified atom stereocenters. The zero-order chi connectivity index (χ0) is 11.9. The minimum Gasteiger partial charge on any atom is -0.497 e. The molecule has 1 aliphatic carbocycles. The fourth-order valence-electron chi connectivity index (χ4n) is 2.56. The largest absolute Gasteiger partial charge is 0.497 e. The van der Waals surface area contributed by atoms with Gasteiger partial charge in [0.15, 0.2) is 0 Å². The van der Waals surface area contributed by atoms with Crippen molar-refractivity contribution >= 4 is 5.71 Å².